The zero-order valence-corrected chi connectivity index (χ0v) is 13.2. The van der Waals surface area contributed by atoms with E-state index in [4.69, 9.17) is 17.3 Å². The smallest absolute Gasteiger partial charge is 0.252 e. The molecule has 0 aliphatic carbocycles. The van der Waals surface area contributed by atoms with Crippen molar-refractivity contribution in [3.8, 4) is 0 Å². The number of benzene rings is 1. The third-order valence-corrected chi connectivity index (χ3v) is 4.20. The van der Waals surface area contributed by atoms with Crippen LogP contribution in [0.15, 0.2) is 18.2 Å². The van der Waals surface area contributed by atoms with Crippen LogP contribution in [0.25, 0.3) is 0 Å². The highest BCUT2D eigenvalue weighted by atomic mass is 35.5. The highest BCUT2D eigenvalue weighted by molar-refractivity contribution is 6.34. The topological polar surface area (TPSA) is 58.4 Å². The minimum absolute atomic E-state index is 0.150. The highest BCUT2D eigenvalue weighted by Gasteiger charge is 2.11. The summed E-state index contributed by atoms with van der Waals surface area (Å²) in [5.74, 6) is -0.150. The Hall–Kier alpha value is -1.26. The van der Waals surface area contributed by atoms with Crippen LogP contribution < -0.4 is 11.1 Å². The van der Waals surface area contributed by atoms with Crippen molar-refractivity contribution in [1.82, 2.24) is 10.2 Å². The number of hydrogen-bond donors (Lipinski definition) is 2. The average Bonchev–Trinajstić information content (AvgIpc) is 2.74. The third-order valence-electron chi connectivity index (χ3n) is 3.87. The Morgan fingerprint density at radius 3 is 2.67 bits per heavy atom. The molecule has 21 heavy (non-hydrogen) atoms. The van der Waals surface area contributed by atoms with Gasteiger partial charge in [-0.1, -0.05) is 24.4 Å². The molecule has 0 unspecified atom stereocenters. The summed E-state index contributed by atoms with van der Waals surface area (Å²) in [7, 11) is 0. The molecular weight excluding hydrogens is 286 g/mol. The van der Waals surface area contributed by atoms with Crippen LogP contribution in [0.5, 0.6) is 0 Å². The fraction of sp³-hybridized carbons (Fsp3) is 0.562. The number of carbonyl (C=O) groups is 1. The summed E-state index contributed by atoms with van der Waals surface area (Å²) in [4.78, 5) is 14.6. The van der Waals surface area contributed by atoms with Crippen LogP contribution in [0.3, 0.4) is 0 Å². The van der Waals surface area contributed by atoms with E-state index in [0.717, 1.165) is 13.0 Å². The van der Waals surface area contributed by atoms with Gasteiger partial charge in [0.2, 0.25) is 0 Å². The number of anilines is 1. The van der Waals surface area contributed by atoms with Gasteiger partial charge in [0.25, 0.3) is 5.91 Å². The van der Waals surface area contributed by atoms with Crippen LogP contribution in [0.2, 0.25) is 5.02 Å². The Morgan fingerprint density at radius 2 is 1.95 bits per heavy atom. The molecule has 0 saturated carbocycles. The summed E-state index contributed by atoms with van der Waals surface area (Å²) in [5.41, 5.74) is 6.69. The summed E-state index contributed by atoms with van der Waals surface area (Å²) < 4.78 is 0. The predicted molar refractivity (Wildman–Crippen MR) is 87.7 cm³/mol. The molecule has 4 nitrogen and oxygen atoms in total. The van der Waals surface area contributed by atoms with Crippen LogP contribution in [0.1, 0.15) is 42.5 Å². The first kappa shape index (κ1) is 16.1. The Bertz CT molecular complexity index is 471. The number of rotatable bonds is 5. The van der Waals surface area contributed by atoms with Crippen molar-refractivity contribution in [3.05, 3.63) is 28.8 Å². The summed E-state index contributed by atoms with van der Waals surface area (Å²) >= 11 is 6.02. The van der Waals surface area contributed by atoms with Crippen LogP contribution in [0, 0.1) is 0 Å². The molecule has 1 amide bonds. The maximum atomic E-state index is 12.1. The lowest BCUT2D eigenvalue weighted by atomic mass is 10.2. The van der Waals surface area contributed by atoms with Crippen molar-refractivity contribution in [1.29, 1.82) is 0 Å². The third kappa shape index (κ3) is 5.21. The largest absolute Gasteiger partial charge is 0.399 e. The van der Waals surface area contributed by atoms with Gasteiger partial charge in [-0.25, -0.2) is 0 Å². The molecule has 1 fully saturated rings. The van der Waals surface area contributed by atoms with Gasteiger partial charge < -0.3 is 16.0 Å². The molecule has 1 aliphatic heterocycles. The predicted octanol–water partition coefficient (Wildman–Crippen LogP) is 2.92. The van der Waals surface area contributed by atoms with Crippen molar-refractivity contribution >= 4 is 23.2 Å². The maximum Gasteiger partial charge on any atom is 0.252 e. The Labute approximate surface area is 131 Å². The van der Waals surface area contributed by atoms with Crippen LogP contribution in [-0.2, 0) is 0 Å². The van der Waals surface area contributed by atoms with Gasteiger partial charge in [-0.3, -0.25) is 4.79 Å². The number of amides is 1. The molecule has 0 bridgehead atoms. The van der Waals surface area contributed by atoms with Gasteiger partial charge >= 0.3 is 0 Å². The molecule has 3 N–H and O–H groups in total. The van der Waals surface area contributed by atoms with Gasteiger partial charge in [-0.15, -0.1) is 0 Å². The van der Waals surface area contributed by atoms with Gasteiger partial charge in [0.05, 0.1) is 10.6 Å². The number of hydrogen-bond acceptors (Lipinski definition) is 3. The molecular formula is C16H24ClN3O. The fourth-order valence-corrected chi connectivity index (χ4v) is 2.88. The molecule has 1 heterocycles. The first-order valence-electron chi connectivity index (χ1n) is 7.72. The molecule has 2 rings (SSSR count). The standard InChI is InChI=1S/C16H24ClN3O/c17-15-7-6-13(18)12-14(15)16(21)19-8-5-11-20-9-3-1-2-4-10-20/h6-7,12H,1-5,8-11,18H2,(H,19,21). The minimum Gasteiger partial charge on any atom is -0.399 e. The van der Waals surface area contributed by atoms with Crippen molar-refractivity contribution in [2.24, 2.45) is 0 Å². The van der Waals surface area contributed by atoms with E-state index in [1.165, 1.54) is 38.8 Å². The molecule has 1 aromatic rings. The molecule has 5 heteroatoms. The normalized spacial score (nSPS) is 16.4. The Balaban J connectivity index is 1.72. The number of halogens is 1. The second-order valence-corrected chi connectivity index (χ2v) is 6.01. The minimum atomic E-state index is -0.150. The average molecular weight is 310 g/mol. The highest BCUT2D eigenvalue weighted by Crippen LogP contribution is 2.18. The Kier molecular flexibility index (Phi) is 6.33. The lowest BCUT2D eigenvalue weighted by molar-refractivity contribution is 0.0952. The van der Waals surface area contributed by atoms with Gasteiger partial charge in [-0.05, 0) is 57.1 Å². The number of carbonyl (C=O) groups excluding carboxylic acids is 1. The van der Waals surface area contributed by atoms with E-state index < -0.39 is 0 Å². The summed E-state index contributed by atoms with van der Waals surface area (Å²) in [5, 5.41) is 3.36. The van der Waals surface area contributed by atoms with Crippen molar-refractivity contribution < 1.29 is 4.79 Å². The molecule has 1 aliphatic rings. The molecule has 1 aromatic carbocycles. The molecule has 0 radical (unpaired) electrons. The van der Waals surface area contributed by atoms with Crippen LogP contribution >= 0.6 is 11.6 Å². The summed E-state index contributed by atoms with van der Waals surface area (Å²) in [6.45, 7) is 4.09. The molecule has 116 valence electrons. The van der Waals surface area contributed by atoms with E-state index in [-0.39, 0.29) is 5.91 Å². The van der Waals surface area contributed by atoms with Crippen molar-refractivity contribution in [2.75, 3.05) is 31.9 Å². The number of nitrogens with two attached hydrogens (primary N) is 1. The van der Waals surface area contributed by atoms with E-state index in [2.05, 4.69) is 10.2 Å². The first-order chi connectivity index (χ1) is 10.2. The number of nitrogen functional groups attached to an aromatic ring is 1. The number of likely N-dealkylation sites (tertiary alicyclic amines) is 1. The molecule has 1 saturated heterocycles. The number of nitrogens with zero attached hydrogens (tertiary/aromatic N) is 1. The molecule has 0 atom stereocenters. The SMILES string of the molecule is Nc1ccc(Cl)c(C(=O)NCCCN2CCCCCC2)c1. The Morgan fingerprint density at radius 1 is 1.24 bits per heavy atom. The monoisotopic (exact) mass is 309 g/mol. The van der Waals surface area contributed by atoms with Crippen molar-refractivity contribution in [3.63, 3.8) is 0 Å². The number of nitrogens with one attached hydrogen (secondary N) is 1. The van der Waals surface area contributed by atoms with Gasteiger partial charge in [0.15, 0.2) is 0 Å². The second kappa shape index (κ2) is 8.25. The van der Waals surface area contributed by atoms with Gasteiger partial charge in [0, 0.05) is 12.2 Å². The first-order valence-corrected chi connectivity index (χ1v) is 8.10. The van der Waals surface area contributed by atoms with Gasteiger partial charge in [0.1, 0.15) is 0 Å². The molecule has 0 aromatic heterocycles. The summed E-state index contributed by atoms with van der Waals surface area (Å²) in [6, 6.07) is 4.97. The van der Waals surface area contributed by atoms with Gasteiger partial charge in [-0.2, -0.15) is 0 Å². The summed E-state index contributed by atoms with van der Waals surface area (Å²) in [6.07, 6.45) is 6.25. The van der Waals surface area contributed by atoms with E-state index in [9.17, 15) is 4.79 Å². The van der Waals surface area contributed by atoms with Crippen LogP contribution in [-0.4, -0.2) is 37.0 Å². The maximum absolute atomic E-state index is 12.1. The van der Waals surface area contributed by atoms with E-state index in [1.54, 1.807) is 18.2 Å². The fourth-order valence-electron chi connectivity index (χ4n) is 2.68. The lowest BCUT2D eigenvalue weighted by Crippen LogP contribution is -2.30. The van der Waals surface area contributed by atoms with Crippen LogP contribution in [0.4, 0.5) is 5.69 Å². The zero-order chi connectivity index (χ0) is 15.1. The lowest BCUT2D eigenvalue weighted by Gasteiger charge is -2.19. The molecule has 0 spiro atoms. The quantitative estimate of drug-likeness (QED) is 0.649. The van der Waals surface area contributed by atoms with E-state index in [0.29, 0.717) is 22.8 Å². The van der Waals surface area contributed by atoms with E-state index >= 15 is 0 Å². The zero-order valence-electron chi connectivity index (χ0n) is 12.4. The van der Waals surface area contributed by atoms with Crippen molar-refractivity contribution in [2.45, 2.75) is 32.1 Å². The van der Waals surface area contributed by atoms with E-state index in [1.807, 2.05) is 0 Å². The second-order valence-electron chi connectivity index (χ2n) is 5.60.